The van der Waals surface area contributed by atoms with E-state index in [9.17, 15) is 14.9 Å². The first kappa shape index (κ1) is 18.3. The molecule has 134 valence electrons. The Morgan fingerprint density at radius 3 is 2.77 bits per heavy atom. The molecule has 1 fully saturated rings. The monoisotopic (exact) mass is 388 g/mol. The van der Waals surface area contributed by atoms with Crippen molar-refractivity contribution in [2.45, 2.75) is 26.3 Å². The van der Waals surface area contributed by atoms with Gasteiger partial charge in [-0.2, -0.15) is 0 Å². The number of para-hydroxylation sites is 1. The second kappa shape index (κ2) is 7.43. The maximum Gasteiger partial charge on any atom is 0.280 e. The molecule has 0 N–H and O–H groups in total. The summed E-state index contributed by atoms with van der Waals surface area (Å²) in [5.74, 6) is 0.682. The van der Waals surface area contributed by atoms with Crippen LogP contribution in [-0.2, 0) is 4.79 Å². The molecule has 1 amide bonds. The lowest BCUT2D eigenvalue weighted by molar-refractivity contribution is -0.384. The highest BCUT2D eigenvalue weighted by molar-refractivity contribution is 8.26. The van der Waals surface area contributed by atoms with Crippen LogP contribution in [0.3, 0.4) is 0 Å². The van der Waals surface area contributed by atoms with Crippen LogP contribution in [-0.4, -0.2) is 26.1 Å². The first-order valence-electron chi connectivity index (χ1n) is 8.03. The van der Waals surface area contributed by atoms with Crippen LogP contribution < -0.4 is 0 Å². The summed E-state index contributed by atoms with van der Waals surface area (Å²) in [6.45, 7) is 3.95. The molecular formula is C18H16N2O4S2. The minimum absolute atomic E-state index is 0.0310. The number of thioether (sulfide) groups is 1. The molecule has 0 spiro atoms. The van der Waals surface area contributed by atoms with Gasteiger partial charge in [-0.1, -0.05) is 43.0 Å². The Balaban J connectivity index is 1.90. The standard InChI is InChI=1S/C18H16N2O4S2/c1-3-11(2)19-17(21)16(26-18(19)25)10-12-8-9-15(24-12)13-6-4-5-7-14(13)20(22)23/h4-11H,3H2,1-2H3/b16-10+/t11-/m0/s1. The fraction of sp³-hybridized carbons (Fsp3) is 0.222. The molecule has 2 aromatic rings. The predicted molar refractivity (Wildman–Crippen MR) is 106 cm³/mol. The van der Waals surface area contributed by atoms with Crippen molar-refractivity contribution in [3.8, 4) is 11.3 Å². The van der Waals surface area contributed by atoms with E-state index in [0.29, 0.717) is 26.3 Å². The zero-order valence-electron chi connectivity index (χ0n) is 14.2. The van der Waals surface area contributed by atoms with Crippen molar-refractivity contribution in [3.63, 3.8) is 0 Å². The molecule has 8 heteroatoms. The van der Waals surface area contributed by atoms with Crippen LogP contribution in [0.25, 0.3) is 17.4 Å². The van der Waals surface area contributed by atoms with E-state index in [-0.39, 0.29) is 17.6 Å². The summed E-state index contributed by atoms with van der Waals surface area (Å²) in [7, 11) is 0. The van der Waals surface area contributed by atoms with Gasteiger partial charge < -0.3 is 4.42 Å². The van der Waals surface area contributed by atoms with Gasteiger partial charge in [0.2, 0.25) is 0 Å². The first-order valence-corrected chi connectivity index (χ1v) is 9.25. The van der Waals surface area contributed by atoms with E-state index >= 15 is 0 Å². The molecule has 1 saturated heterocycles. The Kier molecular flexibility index (Phi) is 5.24. The Morgan fingerprint density at radius 2 is 2.08 bits per heavy atom. The molecular weight excluding hydrogens is 372 g/mol. The molecule has 0 radical (unpaired) electrons. The maximum absolute atomic E-state index is 12.6. The lowest BCUT2D eigenvalue weighted by Crippen LogP contribution is -2.36. The van der Waals surface area contributed by atoms with Crippen LogP contribution in [0.1, 0.15) is 26.0 Å². The summed E-state index contributed by atoms with van der Waals surface area (Å²) in [5, 5.41) is 11.2. The second-order valence-corrected chi connectivity index (χ2v) is 7.46. The lowest BCUT2D eigenvalue weighted by atomic mass is 10.1. The third-order valence-corrected chi connectivity index (χ3v) is 5.45. The van der Waals surface area contributed by atoms with Gasteiger partial charge in [0.15, 0.2) is 0 Å². The number of hydrogen-bond acceptors (Lipinski definition) is 6. The molecule has 26 heavy (non-hydrogen) atoms. The van der Waals surface area contributed by atoms with Crippen LogP contribution in [0.5, 0.6) is 0 Å². The van der Waals surface area contributed by atoms with Crippen LogP contribution in [0.15, 0.2) is 45.7 Å². The van der Waals surface area contributed by atoms with Crippen molar-refractivity contribution >= 4 is 46.0 Å². The van der Waals surface area contributed by atoms with Crippen LogP contribution >= 0.6 is 24.0 Å². The summed E-state index contributed by atoms with van der Waals surface area (Å²) in [6, 6.07) is 9.74. The van der Waals surface area contributed by atoms with Crippen LogP contribution in [0.4, 0.5) is 5.69 Å². The topological polar surface area (TPSA) is 76.6 Å². The Bertz CT molecular complexity index is 919. The molecule has 1 aromatic heterocycles. The summed E-state index contributed by atoms with van der Waals surface area (Å²) >= 11 is 6.54. The minimum atomic E-state index is -0.450. The van der Waals surface area contributed by atoms with Gasteiger partial charge in [0.05, 0.1) is 15.4 Å². The fourth-order valence-corrected chi connectivity index (χ4v) is 4.03. The van der Waals surface area contributed by atoms with Crippen molar-refractivity contribution < 1.29 is 14.1 Å². The lowest BCUT2D eigenvalue weighted by Gasteiger charge is -2.21. The molecule has 1 aliphatic rings. The summed E-state index contributed by atoms with van der Waals surface area (Å²) < 4.78 is 6.25. The van der Waals surface area contributed by atoms with Crippen molar-refractivity contribution in [3.05, 3.63) is 57.2 Å². The van der Waals surface area contributed by atoms with E-state index in [0.717, 1.165) is 6.42 Å². The van der Waals surface area contributed by atoms with E-state index in [2.05, 4.69) is 0 Å². The average Bonchev–Trinajstić information content (AvgIpc) is 3.19. The van der Waals surface area contributed by atoms with Crippen LogP contribution in [0.2, 0.25) is 0 Å². The molecule has 0 saturated carbocycles. The summed E-state index contributed by atoms with van der Waals surface area (Å²) in [5.41, 5.74) is 0.362. The summed E-state index contributed by atoms with van der Waals surface area (Å²) in [6.07, 6.45) is 2.43. The highest BCUT2D eigenvalue weighted by atomic mass is 32.2. The van der Waals surface area contributed by atoms with Gasteiger partial charge in [-0.05, 0) is 31.5 Å². The number of nitro benzene ring substituents is 1. The SMILES string of the molecule is CC[C@H](C)N1C(=O)/C(=C\c2ccc(-c3ccccc3[N+](=O)[O-])o2)SC1=S. The Labute approximate surface area is 160 Å². The van der Waals surface area contributed by atoms with Gasteiger partial charge in [-0.3, -0.25) is 19.8 Å². The van der Waals surface area contributed by atoms with Gasteiger partial charge in [0, 0.05) is 18.2 Å². The van der Waals surface area contributed by atoms with Gasteiger partial charge in [0.1, 0.15) is 15.8 Å². The van der Waals surface area contributed by atoms with Gasteiger partial charge in [-0.25, -0.2) is 0 Å². The van der Waals surface area contributed by atoms with E-state index in [4.69, 9.17) is 16.6 Å². The molecule has 1 aliphatic heterocycles. The fourth-order valence-electron chi connectivity index (χ4n) is 2.59. The second-order valence-electron chi connectivity index (χ2n) is 5.79. The van der Waals surface area contributed by atoms with E-state index < -0.39 is 4.92 Å². The molecule has 2 heterocycles. The molecule has 0 aliphatic carbocycles. The van der Waals surface area contributed by atoms with Crippen LogP contribution in [0, 0.1) is 10.1 Å². The minimum Gasteiger partial charge on any atom is -0.456 e. The largest absolute Gasteiger partial charge is 0.456 e. The number of rotatable bonds is 5. The molecule has 1 aromatic carbocycles. The predicted octanol–water partition coefficient (Wildman–Crippen LogP) is 4.85. The first-order chi connectivity index (χ1) is 12.4. The zero-order valence-corrected chi connectivity index (χ0v) is 15.8. The molecule has 1 atom stereocenters. The third kappa shape index (κ3) is 3.42. The number of carbonyl (C=O) groups is 1. The van der Waals surface area contributed by atoms with Gasteiger partial charge in [-0.15, -0.1) is 0 Å². The summed E-state index contributed by atoms with van der Waals surface area (Å²) in [4.78, 5) is 25.4. The normalized spacial score (nSPS) is 17.2. The van der Waals surface area contributed by atoms with E-state index in [1.54, 1.807) is 41.3 Å². The molecule has 6 nitrogen and oxygen atoms in total. The number of nitro groups is 1. The number of hydrogen-bond donors (Lipinski definition) is 0. The quantitative estimate of drug-likeness (QED) is 0.315. The Morgan fingerprint density at radius 1 is 1.35 bits per heavy atom. The van der Waals surface area contributed by atoms with Crippen molar-refractivity contribution in [2.75, 3.05) is 0 Å². The number of benzene rings is 1. The average molecular weight is 388 g/mol. The van der Waals surface area contributed by atoms with Crippen molar-refractivity contribution in [1.82, 2.24) is 4.90 Å². The highest BCUT2D eigenvalue weighted by Crippen LogP contribution is 2.36. The number of nitrogens with zero attached hydrogens (tertiary/aromatic N) is 2. The number of amides is 1. The van der Waals surface area contributed by atoms with Gasteiger partial charge >= 0.3 is 0 Å². The number of carbonyl (C=O) groups excluding carboxylic acids is 1. The van der Waals surface area contributed by atoms with E-state index in [1.807, 2.05) is 13.8 Å². The Hall–Kier alpha value is -2.45. The van der Waals surface area contributed by atoms with Crippen molar-refractivity contribution in [2.24, 2.45) is 0 Å². The van der Waals surface area contributed by atoms with Gasteiger partial charge in [0.25, 0.3) is 11.6 Å². The van der Waals surface area contributed by atoms with Crippen molar-refractivity contribution in [1.29, 1.82) is 0 Å². The maximum atomic E-state index is 12.6. The number of furan rings is 1. The smallest absolute Gasteiger partial charge is 0.280 e. The highest BCUT2D eigenvalue weighted by Gasteiger charge is 2.34. The molecule has 0 bridgehead atoms. The molecule has 0 unspecified atom stereocenters. The number of thiocarbonyl (C=S) groups is 1. The van der Waals surface area contributed by atoms with E-state index in [1.165, 1.54) is 17.8 Å². The molecule has 3 rings (SSSR count). The third-order valence-electron chi connectivity index (χ3n) is 4.12. The zero-order chi connectivity index (χ0) is 18.8.